The summed E-state index contributed by atoms with van der Waals surface area (Å²) in [5, 5.41) is 2.91. The van der Waals surface area contributed by atoms with Crippen molar-refractivity contribution in [3.8, 4) is 5.75 Å². The zero-order valence-electron chi connectivity index (χ0n) is 13.4. The number of carbonyl (C=O) groups is 1. The first-order chi connectivity index (χ1) is 11.2. The lowest BCUT2D eigenvalue weighted by Gasteiger charge is -2.11. The molecule has 0 radical (unpaired) electrons. The van der Waals surface area contributed by atoms with Gasteiger partial charge in [0, 0.05) is 10.6 Å². The number of rotatable bonds is 8. The number of nitrogens with one attached hydrogen (secondary N) is 1. The van der Waals surface area contributed by atoms with E-state index in [0.29, 0.717) is 18.1 Å². The number of thioether (sulfide) groups is 2. The molecule has 0 spiro atoms. The summed E-state index contributed by atoms with van der Waals surface area (Å²) in [5.41, 5.74) is 1.96. The number of hydrogen-bond acceptors (Lipinski definition) is 4. The maximum atomic E-state index is 12.1. The van der Waals surface area contributed by atoms with Gasteiger partial charge in [-0.15, -0.1) is 23.5 Å². The van der Waals surface area contributed by atoms with E-state index in [9.17, 15) is 4.79 Å². The lowest BCUT2D eigenvalue weighted by atomic mass is 10.2. The van der Waals surface area contributed by atoms with Crippen LogP contribution in [-0.4, -0.2) is 24.5 Å². The fourth-order valence-corrected chi connectivity index (χ4v) is 3.22. The molecule has 0 aromatic heterocycles. The second-order valence-electron chi connectivity index (χ2n) is 4.82. The lowest BCUT2D eigenvalue weighted by molar-refractivity contribution is -0.113. The Hall–Kier alpha value is -1.59. The molecule has 2 aromatic carbocycles. The van der Waals surface area contributed by atoms with Crippen LogP contribution in [0.15, 0.2) is 53.4 Å². The molecule has 5 heteroatoms. The maximum absolute atomic E-state index is 12.1. The Morgan fingerprint density at radius 2 is 1.87 bits per heavy atom. The van der Waals surface area contributed by atoms with E-state index in [2.05, 4.69) is 35.8 Å². The average Bonchev–Trinajstić information content (AvgIpc) is 2.57. The monoisotopic (exact) mass is 347 g/mol. The number of carbonyl (C=O) groups excluding carboxylic acids is 1. The van der Waals surface area contributed by atoms with E-state index in [4.69, 9.17) is 4.74 Å². The van der Waals surface area contributed by atoms with Gasteiger partial charge in [-0.2, -0.15) is 0 Å². The Balaban J connectivity index is 1.81. The molecule has 122 valence electrons. The van der Waals surface area contributed by atoms with Crippen LogP contribution >= 0.6 is 23.5 Å². The zero-order chi connectivity index (χ0) is 16.5. The second kappa shape index (κ2) is 9.53. The van der Waals surface area contributed by atoms with Crippen molar-refractivity contribution in [3.05, 3.63) is 54.1 Å². The van der Waals surface area contributed by atoms with Crippen LogP contribution < -0.4 is 10.1 Å². The SMILES string of the molecule is CCOc1ccccc1NC(=O)CSCc1ccc(SC)cc1. The molecule has 1 amide bonds. The largest absolute Gasteiger partial charge is 0.492 e. The minimum Gasteiger partial charge on any atom is -0.492 e. The van der Waals surface area contributed by atoms with Crippen LogP contribution in [0.25, 0.3) is 0 Å². The third-order valence-corrected chi connectivity index (χ3v) is 4.87. The average molecular weight is 348 g/mol. The first kappa shape index (κ1) is 17.8. The fourth-order valence-electron chi connectivity index (χ4n) is 2.02. The Morgan fingerprint density at radius 3 is 2.57 bits per heavy atom. The number of para-hydroxylation sites is 2. The predicted molar refractivity (Wildman–Crippen MR) is 101 cm³/mol. The summed E-state index contributed by atoms with van der Waals surface area (Å²) in [4.78, 5) is 13.3. The molecule has 0 atom stereocenters. The highest BCUT2D eigenvalue weighted by Gasteiger charge is 2.07. The summed E-state index contributed by atoms with van der Waals surface area (Å²) in [5.74, 6) is 1.95. The quantitative estimate of drug-likeness (QED) is 0.704. The molecule has 23 heavy (non-hydrogen) atoms. The van der Waals surface area contributed by atoms with Gasteiger partial charge in [-0.1, -0.05) is 24.3 Å². The van der Waals surface area contributed by atoms with Crippen molar-refractivity contribution in [1.29, 1.82) is 0 Å². The molecule has 0 bridgehead atoms. The molecule has 2 rings (SSSR count). The van der Waals surface area contributed by atoms with Gasteiger partial charge in [0.15, 0.2) is 0 Å². The van der Waals surface area contributed by atoms with E-state index in [1.54, 1.807) is 23.5 Å². The Morgan fingerprint density at radius 1 is 1.13 bits per heavy atom. The number of anilines is 1. The summed E-state index contributed by atoms with van der Waals surface area (Å²) in [7, 11) is 0. The molecule has 2 aromatic rings. The summed E-state index contributed by atoms with van der Waals surface area (Å²) in [6.07, 6.45) is 2.06. The van der Waals surface area contributed by atoms with Crippen molar-refractivity contribution in [2.24, 2.45) is 0 Å². The van der Waals surface area contributed by atoms with E-state index < -0.39 is 0 Å². The third-order valence-electron chi connectivity index (χ3n) is 3.12. The van der Waals surface area contributed by atoms with Crippen molar-refractivity contribution in [2.75, 3.05) is 23.9 Å². The van der Waals surface area contributed by atoms with Gasteiger partial charge < -0.3 is 10.1 Å². The summed E-state index contributed by atoms with van der Waals surface area (Å²) in [6, 6.07) is 15.9. The van der Waals surface area contributed by atoms with Crippen LogP contribution in [0.1, 0.15) is 12.5 Å². The Bertz CT molecular complexity index is 629. The van der Waals surface area contributed by atoms with Crippen molar-refractivity contribution in [1.82, 2.24) is 0 Å². The first-order valence-corrected chi connectivity index (χ1v) is 9.83. The summed E-state index contributed by atoms with van der Waals surface area (Å²) in [6.45, 7) is 2.50. The summed E-state index contributed by atoms with van der Waals surface area (Å²) >= 11 is 3.34. The molecule has 0 aliphatic rings. The van der Waals surface area contributed by atoms with Gasteiger partial charge in [-0.05, 0) is 43.0 Å². The molecule has 0 unspecified atom stereocenters. The van der Waals surface area contributed by atoms with Gasteiger partial charge in [0.2, 0.25) is 5.91 Å². The molecule has 0 fully saturated rings. The normalized spacial score (nSPS) is 10.3. The smallest absolute Gasteiger partial charge is 0.234 e. The Kier molecular flexibility index (Phi) is 7.36. The summed E-state index contributed by atoms with van der Waals surface area (Å²) < 4.78 is 5.51. The zero-order valence-corrected chi connectivity index (χ0v) is 15.0. The van der Waals surface area contributed by atoms with E-state index in [0.717, 1.165) is 11.4 Å². The van der Waals surface area contributed by atoms with Gasteiger partial charge in [0.25, 0.3) is 0 Å². The van der Waals surface area contributed by atoms with Crippen LogP contribution in [0, 0.1) is 0 Å². The van der Waals surface area contributed by atoms with E-state index in [-0.39, 0.29) is 5.91 Å². The van der Waals surface area contributed by atoms with E-state index >= 15 is 0 Å². The van der Waals surface area contributed by atoms with Crippen LogP contribution in [0.4, 0.5) is 5.69 Å². The van der Waals surface area contributed by atoms with Gasteiger partial charge in [-0.25, -0.2) is 0 Å². The van der Waals surface area contributed by atoms with Crippen molar-refractivity contribution in [3.63, 3.8) is 0 Å². The number of benzene rings is 2. The molecule has 0 saturated heterocycles. The number of amides is 1. The van der Waals surface area contributed by atoms with E-state index in [1.807, 2.05) is 31.2 Å². The molecule has 0 aliphatic heterocycles. The highest BCUT2D eigenvalue weighted by molar-refractivity contribution is 7.99. The predicted octanol–water partition coefficient (Wildman–Crippen LogP) is 4.68. The van der Waals surface area contributed by atoms with Gasteiger partial charge in [-0.3, -0.25) is 4.79 Å². The minimum absolute atomic E-state index is 0.0112. The highest BCUT2D eigenvalue weighted by Crippen LogP contribution is 2.24. The van der Waals surface area contributed by atoms with E-state index in [1.165, 1.54) is 10.5 Å². The van der Waals surface area contributed by atoms with Crippen LogP contribution in [0.2, 0.25) is 0 Å². The fraction of sp³-hybridized carbons (Fsp3) is 0.278. The molecule has 0 saturated carbocycles. The molecule has 3 nitrogen and oxygen atoms in total. The van der Waals surface area contributed by atoms with Gasteiger partial charge >= 0.3 is 0 Å². The van der Waals surface area contributed by atoms with Crippen LogP contribution in [0.3, 0.4) is 0 Å². The molecule has 1 N–H and O–H groups in total. The molecular weight excluding hydrogens is 326 g/mol. The standard InChI is InChI=1S/C18H21NO2S2/c1-3-21-17-7-5-4-6-16(17)19-18(20)13-23-12-14-8-10-15(22-2)11-9-14/h4-11H,3,12-13H2,1-2H3,(H,19,20). The maximum Gasteiger partial charge on any atom is 0.234 e. The number of ether oxygens (including phenoxy) is 1. The lowest BCUT2D eigenvalue weighted by Crippen LogP contribution is -2.15. The van der Waals surface area contributed by atoms with Crippen LogP contribution in [0.5, 0.6) is 5.75 Å². The minimum atomic E-state index is -0.0112. The van der Waals surface area contributed by atoms with Crippen molar-refractivity contribution < 1.29 is 9.53 Å². The topological polar surface area (TPSA) is 38.3 Å². The van der Waals surface area contributed by atoms with Crippen molar-refractivity contribution >= 4 is 35.1 Å². The van der Waals surface area contributed by atoms with Gasteiger partial charge in [0.05, 0.1) is 18.0 Å². The van der Waals surface area contributed by atoms with Crippen molar-refractivity contribution in [2.45, 2.75) is 17.6 Å². The molecule has 0 aliphatic carbocycles. The number of hydrogen-bond donors (Lipinski definition) is 1. The molecule has 0 heterocycles. The first-order valence-electron chi connectivity index (χ1n) is 7.45. The molecular formula is C18H21NO2S2. The van der Waals surface area contributed by atoms with Gasteiger partial charge in [0.1, 0.15) is 5.75 Å². The highest BCUT2D eigenvalue weighted by atomic mass is 32.2. The second-order valence-corrected chi connectivity index (χ2v) is 6.68. The Labute approximate surface area is 146 Å². The van der Waals surface area contributed by atoms with Crippen LogP contribution in [-0.2, 0) is 10.5 Å². The third kappa shape index (κ3) is 5.84.